The van der Waals surface area contributed by atoms with Crippen LogP contribution in [0.3, 0.4) is 0 Å². The van der Waals surface area contributed by atoms with Crippen molar-refractivity contribution in [3.8, 4) is 0 Å². The zero-order valence-electron chi connectivity index (χ0n) is 10.7. The number of rotatable bonds is 8. The summed E-state index contributed by atoms with van der Waals surface area (Å²) in [4.78, 5) is 13.7. The molecule has 0 aliphatic carbocycles. The van der Waals surface area contributed by atoms with E-state index in [0.717, 1.165) is 11.3 Å². The number of aryl methyl sites for hydroxylation is 1. The Morgan fingerprint density at radius 1 is 1.35 bits per heavy atom. The first kappa shape index (κ1) is 14.4. The first-order chi connectivity index (χ1) is 8.13. The highest BCUT2D eigenvalue weighted by Gasteiger charge is 2.08. The largest absolute Gasteiger partial charge is 0.376 e. The summed E-state index contributed by atoms with van der Waals surface area (Å²) in [5, 5.41) is 0. The Bertz CT molecular complexity index is 344. The van der Waals surface area contributed by atoms with Gasteiger partial charge < -0.3 is 9.47 Å². The van der Waals surface area contributed by atoms with E-state index in [0.29, 0.717) is 13.2 Å². The van der Waals surface area contributed by atoms with Crippen LogP contribution in [0.5, 0.6) is 0 Å². The third-order valence-corrected chi connectivity index (χ3v) is 3.47. The van der Waals surface area contributed by atoms with Gasteiger partial charge >= 0.3 is 0 Å². The molecule has 1 aromatic heterocycles. The third-order valence-electron chi connectivity index (χ3n) is 2.20. The fourth-order valence-electron chi connectivity index (χ4n) is 1.30. The van der Waals surface area contributed by atoms with Gasteiger partial charge in [0.15, 0.2) is 5.78 Å². The maximum atomic E-state index is 11.7. The Hall–Kier alpha value is -0.710. The normalized spacial score (nSPS) is 11.1. The fraction of sp³-hybridized carbons (Fsp3) is 0.615. The molecule has 1 rings (SSSR count). The van der Waals surface area contributed by atoms with Crippen LogP contribution in [0.15, 0.2) is 12.1 Å². The highest BCUT2D eigenvalue weighted by Crippen LogP contribution is 2.17. The van der Waals surface area contributed by atoms with Gasteiger partial charge in [-0.3, -0.25) is 4.79 Å². The summed E-state index contributed by atoms with van der Waals surface area (Å²) in [5.41, 5.74) is 0. The Kier molecular flexibility index (Phi) is 6.40. The molecule has 0 aromatic carbocycles. The molecule has 0 atom stereocenters. The van der Waals surface area contributed by atoms with Crippen LogP contribution < -0.4 is 0 Å². The Morgan fingerprint density at radius 2 is 2.12 bits per heavy atom. The highest BCUT2D eigenvalue weighted by atomic mass is 32.1. The van der Waals surface area contributed by atoms with Crippen molar-refractivity contribution in [2.24, 2.45) is 0 Å². The van der Waals surface area contributed by atoms with E-state index in [9.17, 15) is 4.79 Å². The van der Waals surface area contributed by atoms with E-state index in [-0.39, 0.29) is 18.5 Å². The summed E-state index contributed by atoms with van der Waals surface area (Å²) < 4.78 is 10.6. The van der Waals surface area contributed by atoms with Gasteiger partial charge in [0.05, 0.1) is 24.2 Å². The van der Waals surface area contributed by atoms with Crippen LogP contribution in [0.4, 0.5) is 0 Å². The van der Waals surface area contributed by atoms with Gasteiger partial charge in [-0.25, -0.2) is 0 Å². The zero-order chi connectivity index (χ0) is 12.7. The quantitative estimate of drug-likeness (QED) is 0.530. The third kappa shape index (κ3) is 5.44. The smallest absolute Gasteiger partial charge is 0.198 e. The lowest BCUT2D eigenvalue weighted by Gasteiger charge is -2.07. The van der Waals surface area contributed by atoms with Gasteiger partial charge in [0, 0.05) is 4.88 Å². The molecule has 1 heterocycles. The predicted molar refractivity (Wildman–Crippen MR) is 69.9 cm³/mol. The average Bonchev–Trinajstić information content (AvgIpc) is 2.76. The number of Topliss-reactive ketones (excluding diaryl/α,β-unsaturated/α-hetero) is 1. The van der Waals surface area contributed by atoms with Crippen LogP contribution in [0.2, 0.25) is 0 Å². The van der Waals surface area contributed by atoms with Crippen LogP contribution >= 0.6 is 11.3 Å². The van der Waals surface area contributed by atoms with E-state index in [1.54, 1.807) is 11.3 Å². The van der Waals surface area contributed by atoms with Gasteiger partial charge in [-0.2, -0.15) is 0 Å². The van der Waals surface area contributed by atoms with Crippen LogP contribution in [0.25, 0.3) is 0 Å². The topological polar surface area (TPSA) is 35.5 Å². The zero-order valence-corrected chi connectivity index (χ0v) is 11.5. The van der Waals surface area contributed by atoms with Crippen molar-refractivity contribution < 1.29 is 14.3 Å². The minimum Gasteiger partial charge on any atom is -0.376 e. The summed E-state index contributed by atoms with van der Waals surface area (Å²) in [5.74, 6) is 0.0549. The van der Waals surface area contributed by atoms with Gasteiger partial charge in [-0.1, -0.05) is 6.92 Å². The summed E-state index contributed by atoms with van der Waals surface area (Å²) in [7, 11) is 0. The fourth-order valence-corrected chi connectivity index (χ4v) is 2.17. The molecule has 0 spiro atoms. The lowest BCUT2D eigenvalue weighted by atomic mass is 10.3. The highest BCUT2D eigenvalue weighted by molar-refractivity contribution is 7.14. The van der Waals surface area contributed by atoms with E-state index in [1.165, 1.54) is 4.88 Å². The van der Waals surface area contributed by atoms with Gasteiger partial charge in [0.2, 0.25) is 0 Å². The second kappa shape index (κ2) is 7.58. The van der Waals surface area contributed by atoms with Crippen LogP contribution in [0.1, 0.15) is 35.3 Å². The maximum Gasteiger partial charge on any atom is 0.198 e. The molecule has 0 saturated carbocycles. The Morgan fingerprint density at radius 3 is 2.71 bits per heavy atom. The van der Waals surface area contributed by atoms with Crippen molar-refractivity contribution in [3.63, 3.8) is 0 Å². The van der Waals surface area contributed by atoms with Crippen LogP contribution in [0, 0.1) is 0 Å². The van der Waals surface area contributed by atoms with Gasteiger partial charge in [0.1, 0.15) is 6.61 Å². The molecule has 96 valence electrons. The predicted octanol–water partition coefficient (Wildman–Crippen LogP) is 2.93. The maximum absolute atomic E-state index is 11.7. The van der Waals surface area contributed by atoms with E-state index >= 15 is 0 Å². The number of carbonyl (C=O) groups excluding carboxylic acids is 1. The van der Waals surface area contributed by atoms with Gasteiger partial charge in [-0.15, -0.1) is 11.3 Å². The second-order valence-corrected chi connectivity index (χ2v) is 5.18. The number of ketones is 1. The Balaban J connectivity index is 2.21. The summed E-state index contributed by atoms with van der Waals surface area (Å²) in [6.45, 7) is 7.18. The molecule has 17 heavy (non-hydrogen) atoms. The molecule has 0 aliphatic rings. The SMILES string of the molecule is CCc1ccc(C(=O)COCCOC(C)C)s1. The molecule has 0 unspecified atom stereocenters. The van der Waals surface area contributed by atoms with Crippen molar-refractivity contribution in [2.45, 2.75) is 33.3 Å². The molecular weight excluding hydrogens is 236 g/mol. The van der Waals surface area contributed by atoms with E-state index in [4.69, 9.17) is 9.47 Å². The average molecular weight is 256 g/mol. The standard InChI is InChI=1S/C13H20O3S/c1-4-11-5-6-13(17-11)12(14)9-15-7-8-16-10(2)3/h5-6,10H,4,7-9H2,1-3H3. The van der Waals surface area contributed by atoms with Gasteiger partial charge in [0.25, 0.3) is 0 Å². The van der Waals surface area contributed by atoms with Crippen molar-refractivity contribution in [2.75, 3.05) is 19.8 Å². The molecule has 0 radical (unpaired) electrons. The molecular formula is C13H20O3S. The number of thiophene rings is 1. The summed E-state index contributed by atoms with van der Waals surface area (Å²) in [6.07, 6.45) is 1.18. The van der Waals surface area contributed by atoms with Crippen molar-refractivity contribution in [1.82, 2.24) is 0 Å². The number of hydrogen-bond donors (Lipinski definition) is 0. The lowest BCUT2D eigenvalue weighted by molar-refractivity contribution is 0.0209. The van der Waals surface area contributed by atoms with E-state index < -0.39 is 0 Å². The Labute approximate surface area is 107 Å². The molecule has 0 N–H and O–H groups in total. The first-order valence-corrected chi connectivity index (χ1v) is 6.76. The second-order valence-electron chi connectivity index (χ2n) is 4.01. The number of ether oxygens (including phenoxy) is 2. The van der Waals surface area contributed by atoms with E-state index in [1.807, 2.05) is 26.0 Å². The van der Waals surface area contributed by atoms with Crippen LogP contribution in [-0.2, 0) is 15.9 Å². The number of hydrogen-bond acceptors (Lipinski definition) is 4. The molecule has 0 aliphatic heterocycles. The molecule has 0 bridgehead atoms. The molecule has 0 fully saturated rings. The number of carbonyl (C=O) groups is 1. The monoisotopic (exact) mass is 256 g/mol. The lowest BCUT2D eigenvalue weighted by Crippen LogP contribution is -2.13. The minimum absolute atomic E-state index is 0.0549. The van der Waals surface area contributed by atoms with Crippen molar-refractivity contribution in [1.29, 1.82) is 0 Å². The first-order valence-electron chi connectivity index (χ1n) is 5.94. The minimum atomic E-state index is 0.0549. The van der Waals surface area contributed by atoms with Crippen molar-refractivity contribution in [3.05, 3.63) is 21.9 Å². The van der Waals surface area contributed by atoms with Crippen molar-refractivity contribution >= 4 is 17.1 Å². The summed E-state index contributed by atoms with van der Waals surface area (Å²) >= 11 is 1.55. The molecule has 3 nitrogen and oxygen atoms in total. The van der Waals surface area contributed by atoms with E-state index in [2.05, 4.69) is 6.92 Å². The molecule has 0 amide bonds. The molecule has 0 saturated heterocycles. The molecule has 1 aromatic rings. The van der Waals surface area contributed by atoms with Crippen LogP contribution in [-0.4, -0.2) is 31.7 Å². The van der Waals surface area contributed by atoms with Gasteiger partial charge in [-0.05, 0) is 32.4 Å². The molecule has 4 heteroatoms. The summed E-state index contributed by atoms with van der Waals surface area (Å²) in [6, 6.07) is 3.87.